The van der Waals surface area contributed by atoms with E-state index in [0.717, 1.165) is 12.1 Å². The van der Waals surface area contributed by atoms with Crippen LogP contribution in [0.3, 0.4) is 0 Å². The Morgan fingerprint density at radius 1 is 1.26 bits per heavy atom. The van der Waals surface area contributed by atoms with Gasteiger partial charge in [0.1, 0.15) is 5.69 Å². The molecule has 1 aromatic carbocycles. The molecule has 0 N–H and O–H groups in total. The molecule has 124 valence electrons. The van der Waals surface area contributed by atoms with Crippen molar-refractivity contribution in [1.82, 2.24) is 9.78 Å². The maximum Gasteiger partial charge on any atom is 0.416 e. The van der Waals surface area contributed by atoms with Crippen LogP contribution in [0.2, 0.25) is 10.0 Å². The molecule has 1 aliphatic rings. The lowest BCUT2D eigenvalue weighted by atomic mass is 10.2. The molecule has 2 heterocycles. The van der Waals surface area contributed by atoms with Gasteiger partial charge in [0.25, 0.3) is 0 Å². The Kier molecular flexibility index (Phi) is 4.10. The molecule has 0 amide bonds. The van der Waals surface area contributed by atoms with Gasteiger partial charge in [-0.15, -0.1) is 0 Å². The fourth-order valence-corrected chi connectivity index (χ4v) is 4.29. The molecule has 0 radical (unpaired) electrons. The lowest BCUT2D eigenvalue weighted by molar-refractivity contribution is -0.137. The summed E-state index contributed by atoms with van der Waals surface area (Å²) in [6.45, 7) is 0. The molecule has 10 heteroatoms. The largest absolute Gasteiger partial charge is 0.481 e. The van der Waals surface area contributed by atoms with Gasteiger partial charge < -0.3 is 4.74 Å². The second-order valence-electron chi connectivity index (χ2n) is 4.86. The highest BCUT2D eigenvalue weighted by Gasteiger charge is 2.34. The van der Waals surface area contributed by atoms with E-state index in [4.69, 9.17) is 27.9 Å². The first-order chi connectivity index (χ1) is 10.7. The number of hydrogen-bond donors (Lipinski definition) is 0. The number of alkyl halides is 3. The molecule has 2 aromatic rings. The monoisotopic (exact) mass is 384 g/mol. The average Bonchev–Trinajstić information content (AvgIpc) is 2.92. The first-order valence-electron chi connectivity index (χ1n) is 6.28. The zero-order chi connectivity index (χ0) is 16.9. The van der Waals surface area contributed by atoms with Crippen LogP contribution in [-0.4, -0.2) is 21.1 Å². The zero-order valence-corrected chi connectivity index (χ0v) is 13.9. The second-order valence-corrected chi connectivity index (χ2v) is 7.13. The van der Waals surface area contributed by atoms with Crippen LogP contribution in [0.15, 0.2) is 12.1 Å². The van der Waals surface area contributed by atoms with Crippen molar-refractivity contribution in [2.45, 2.75) is 17.7 Å². The quantitative estimate of drug-likeness (QED) is 0.786. The fraction of sp³-hybridized carbons (Fsp3) is 0.308. The highest BCUT2D eigenvalue weighted by atomic mass is 35.5. The Balaban J connectivity index is 2.17. The van der Waals surface area contributed by atoms with E-state index in [9.17, 15) is 17.4 Å². The van der Waals surface area contributed by atoms with Crippen LogP contribution in [0.5, 0.6) is 5.88 Å². The maximum absolute atomic E-state index is 12.8. The first kappa shape index (κ1) is 16.6. The number of nitrogens with zero attached hydrogens (tertiary/aromatic N) is 2. The van der Waals surface area contributed by atoms with Gasteiger partial charge in [0.2, 0.25) is 5.88 Å². The predicted octanol–water partition coefficient (Wildman–Crippen LogP) is 3.97. The molecule has 1 aromatic heterocycles. The fourth-order valence-electron chi connectivity index (χ4n) is 2.40. The van der Waals surface area contributed by atoms with E-state index in [1.54, 1.807) is 0 Å². The molecule has 0 fully saturated rings. The Morgan fingerprint density at radius 3 is 2.39 bits per heavy atom. The van der Waals surface area contributed by atoms with Crippen LogP contribution >= 0.6 is 23.2 Å². The maximum atomic E-state index is 12.8. The molecule has 4 nitrogen and oxygen atoms in total. The Hall–Kier alpha value is -1.25. The SMILES string of the molecule is COc1c2c(nn1-c1c(Cl)cc(C(F)(F)F)cc1Cl)CS(=O)C2. The molecule has 0 saturated heterocycles. The number of aromatic nitrogens is 2. The molecule has 0 aliphatic carbocycles. The first-order valence-corrected chi connectivity index (χ1v) is 8.53. The van der Waals surface area contributed by atoms with E-state index in [1.807, 2.05) is 0 Å². The minimum absolute atomic E-state index is 0.0957. The minimum Gasteiger partial charge on any atom is -0.481 e. The van der Waals surface area contributed by atoms with E-state index in [1.165, 1.54) is 11.8 Å². The molecule has 0 saturated carbocycles. The van der Waals surface area contributed by atoms with Gasteiger partial charge in [-0.2, -0.15) is 23.0 Å². The van der Waals surface area contributed by atoms with Crippen molar-refractivity contribution in [3.8, 4) is 11.6 Å². The average molecular weight is 385 g/mol. The molecule has 1 atom stereocenters. The summed E-state index contributed by atoms with van der Waals surface area (Å²) in [5.41, 5.74) is 0.361. The molecule has 1 aliphatic heterocycles. The summed E-state index contributed by atoms with van der Waals surface area (Å²) in [6.07, 6.45) is -4.56. The van der Waals surface area contributed by atoms with Gasteiger partial charge in [0, 0.05) is 10.8 Å². The lowest BCUT2D eigenvalue weighted by Crippen LogP contribution is -2.08. The molecule has 3 rings (SSSR count). The molecule has 0 bridgehead atoms. The number of benzene rings is 1. The Labute approximate surface area is 141 Å². The van der Waals surface area contributed by atoms with E-state index < -0.39 is 22.5 Å². The summed E-state index contributed by atoms with van der Waals surface area (Å²) in [4.78, 5) is 0. The molecule has 23 heavy (non-hydrogen) atoms. The number of halogens is 5. The van der Waals surface area contributed by atoms with Crippen LogP contribution in [-0.2, 0) is 28.5 Å². The van der Waals surface area contributed by atoms with Gasteiger partial charge in [-0.05, 0) is 12.1 Å². The van der Waals surface area contributed by atoms with E-state index in [-0.39, 0.29) is 33.1 Å². The van der Waals surface area contributed by atoms with E-state index in [2.05, 4.69) is 5.10 Å². The van der Waals surface area contributed by atoms with Crippen LogP contribution in [0.1, 0.15) is 16.8 Å². The van der Waals surface area contributed by atoms with Gasteiger partial charge in [-0.25, -0.2) is 0 Å². The van der Waals surface area contributed by atoms with Gasteiger partial charge >= 0.3 is 6.18 Å². The van der Waals surface area contributed by atoms with E-state index in [0.29, 0.717) is 11.3 Å². The summed E-state index contributed by atoms with van der Waals surface area (Å²) in [5.74, 6) is 0.803. The van der Waals surface area contributed by atoms with Crippen LogP contribution in [0.25, 0.3) is 5.69 Å². The summed E-state index contributed by atoms with van der Waals surface area (Å²) in [7, 11) is 0.328. The number of hydrogen-bond acceptors (Lipinski definition) is 3. The Bertz CT molecular complexity index is 797. The van der Waals surface area contributed by atoms with Gasteiger partial charge in [0.05, 0.1) is 45.5 Å². The topological polar surface area (TPSA) is 44.1 Å². The summed E-state index contributed by atoms with van der Waals surface area (Å²) >= 11 is 12.0. The zero-order valence-electron chi connectivity index (χ0n) is 11.6. The lowest BCUT2D eigenvalue weighted by Gasteiger charge is -2.14. The number of methoxy groups -OCH3 is 1. The second kappa shape index (κ2) is 5.68. The number of fused-ring (bicyclic) bond motifs is 1. The molecular formula is C13H9Cl2F3N2O2S. The van der Waals surface area contributed by atoms with Crippen molar-refractivity contribution in [1.29, 1.82) is 0 Å². The standard InChI is InChI=1S/C13H9Cl2F3N2O2S/c1-22-12-7-4-23(21)5-10(7)19-20(12)11-8(14)2-6(3-9(11)15)13(16,17)18/h2-3H,4-5H2,1H3. The third kappa shape index (κ3) is 2.83. The van der Waals surface area contributed by atoms with Crippen LogP contribution < -0.4 is 4.74 Å². The number of rotatable bonds is 2. The summed E-state index contributed by atoms with van der Waals surface area (Å²) in [6, 6.07) is 1.57. The van der Waals surface area contributed by atoms with E-state index >= 15 is 0 Å². The van der Waals surface area contributed by atoms with Crippen molar-refractivity contribution in [2.75, 3.05) is 7.11 Å². The van der Waals surface area contributed by atoms with Crippen molar-refractivity contribution < 1.29 is 22.1 Å². The highest BCUT2D eigenvalue weighted by molar-refractivity contribution is 7.83. The van der Waals surface area contributed by atoms with Crippen molar-refractivity contribution in [2.24, 2.45) is 0 Å². The third-order valence-corrected chi connectivity index (χ3v) is 5.15. The minimum atomic E-state index is -4.56. The third-order valence-electron chi connectivity index (χ3n) is 3.37. The smallest absolute Gasteiger partial charge is 0.416 e. The summed E-state index contributed by atoms with van der Waals surface area (Å²) in [5, 5.41) is 3.84. The highest BCUT2D eigenvalue weighted by Crippen LogP contribution is 2.40. The van der Waals surface area contributed by atoms with Crippen molar-refractivity contribution >= 4 is 34.0 Å². The molecular weight excluding hydrogens is 376 g/mol. The molecule has 0 spiro atoms. The predicted molar refractivity (Wildman–Crippen MR) is 80.7 cm³/mol. The normalized spacial score (nSPS) is 17.4. The summed E-state index contributed by atoms with van der Waals surface area (Å²) < 4.78 is 56.5. The van der Waals surface area contributed by atoms with Crippen molar-refractivity contribution in [3.05, 3.63) is 39.0 Å². The van der Waals surface area contributed by atoms with Gasteiger partial charge in [-0.3, -0.25) is 4.21 Å². The van der Waals surface area contributed by atoms with Crippen molar-refractivity contribution in [3.63, 3.8) is 0 Å². The van der Waals surface area contributed by atoms with Crippen LogP contribution in [0.4, 0.5) is 13.2 Å². The molecule has 1 unspecified atom stereocenters. The van der Waals surface area contributed by atoms with Gasteiger partial charge in [0.15, 0.2) is 0 Å². The number of ether oxygens (including phenoxy) is 1. The van der Waals surface area contributed by atoms with Gasteiger partial charge in [-0.1, -0.05) is 23.2 Å². The van der Waals surface area contributed by atoms with Crippen LogP contribution in [0, 0.1) is 0 Å². The Morgan fingerprint density at radius 2 is 1.87 bits per heavy atom.